The van der Waals surface area contributed by atoms with Crippen LogP contribution in [0.2, 0.25) is 0 Å². The molecule has 1 aromatic rings. The van der Waals surface area contributed by atoms with Crippen LogP contribution in [0.5, 0.6) is 5.75 Å². The van der Waals surface area contributed by atoms with Crippen LogP contribution in [0.4, 0.5) is 5.69 Å². The van der Waals surface area contributed by atoms with Gasteiger partial charge in [-0.1, -0.05) is 0 Å². The van der Waals surface area contributed by atoms with E-state index in [2.05, 4.69) is 5.32 Å². The van der Waals surface area contributed by atoms with Crippen molar-refractivity contribution in [2.45, 2.75) is 0 Å². The second kappa shape index (κ2) is 5.62. The van der Waals surface area contributed by atoms with Crippen molar-refractivity contribution in [2.75, 3.05) is 13.7 Å². The first-order chi connectivity index (χ1) is 8.45. The molecule has 0 bridgehead atoms. The summed E-state index contributed by atoms with van der Waals surface area (Å²) in [5.41, 5.74) is 4.76. The third kappa shape index (κ3) is 3.17. The van der Waals surface area contributed by atoms with E-state index in [1.807, 2.05) is 0 Å². The molecule has 18 heavy (non-hydrogen) atoms. The first kappa shape index (κ1) is 13.4. The van der Waals surface area contributed by atoms with E-state index in [1.165, 1.54) is 19.2 Å². The number of ether oxygens (including phenoxy) is 1. The number of nitro benzene ring substituents is 1. The van der Waals surface area contributed by atoms with E-state index in [1.54, 1.807) is 0 Å². The maximum atomic E-state index is 11.6. The minimum Gasteiger partial charge on any atom is -0.490 e. The molecule has 0 aliphatic carbocycles. The molecule has 0 atom stereocenters. The van der Waals surface area contributed by atoms with Crippen LogP contribution < -0.4 is 15.8 Å². The van der Waals surface area contributed by atoms with Gasteiger partial charge < -0.3 is 15.8 Å². The van der Waals surface area contributed by atoms with Gasteiger partial charge in [-0.2, -0.15) is 0 Å². The second-order valence-electron chi connectivity index (χ2n) is 3.29. The Morgan fingerprint density at radius 1 is 1.50 bits per heavy atom. The lowest BCUT2D eigenvalue weighted by molar-refractivity contribution is -0.385. The number of methoxy groups -OCH3 is 1. The van der Waals surface area contributed by atoms with Gasteiger partial charge in [0.1, 0.15) is 0 Å². The average Bonchev–Trinajstić information content (AvgIpc) is 2.34. The molecular weight excluding hydrogens is 242 g/mol. The van der Waals surface area contributed by atoms with E-state index in [0.717, 1.165) is 6.07 Å². The number of hydrogen-bond donors (Lipinski definition) is 2. The Kier molecular flexibility index (Phi) is 4.19. The van der Waals surface area contributed by atoms with Gasteiger partial charge in [0.05, 0.1) is 18.6 Å². The van der Waals surface area contributed by atoms with Gasteiger partial charge in [0.25, 0.3) is 5.91 Å². The first-order valence-corrected chi connectivity index (χ1v) is 4.84. The fraction of sp³-hybridized carbons (Fsp3) is 0.200. The Morgan fingerprint density at radius 2 is 2.17 bits per heavy atom. The van der Waals surface area contributed by atoms with Gasteiger partial charge >= 0.3 is 5.69 Å². The highest BCUT2D eigenvalue weighted by Crippen LogP contribution is 2.27. The van der Waals surface area contributed by atoms with Crippen LogP contribution in [0.3, 0.4) is 0 Å². The summed E-state index contributed by atoms with van der Waals surface area (Å²) in [5, 5.41) is 12.9. The Morgan fingerprint density at radius 3 is 2.67 bits per heavy atom. The van der Waals surface area contributed by atoms with Crippen molar-refractivity contribution >= 4 is 17.5 Å². The number of primary amides is 1. The molecule has 2 amide bonds. The summed E-state index contributed by atoms with van der Waals surface area (Å²) in [6.45, 7) is -0.307. The summed E-state index contributed by atoms with van der Waals surface area (Å²) in [7, 11) is 1.26. The van der Waals surface area contributed by atoms with Gasteiger partial charge in [-0.15, -0.1) is 0 Å². The van der Waals surface area contributed by atoms with Crippen molar-refractivity contribution < 1.29 is 19.2 Å². The molecule has 96 valence electrons. The molecule has 1 rings (SSSR count). The number of benzene rings is 1. The van der Waals surface area contributed by atoms with Crippen molar-refractivity contribution in [1.82, 2.24) is 5.32 Å². The van der Waals surface area contributed by atoms with E-state index >= 15 is 0 Å². The lowest BCUT2D eigenvalue weighted by Gasteiger charge is -2.05. The largest absolute Gasteiger partial charge is 0.490 e. The van der Waals surface area contributed by atoms with Crippen LogP contribution in [0.15, 0.2) is 18.2 Å². The highest BCUT2D eigenvalue weighted by atomic mass is 16.6. The molecule has 0 saturated heterocycles. The summed E-state index contributed by atoms with van der Waals surface area (Å²) >= 11 is 0. The fourth-order valence-corrected chi connectivity index (χ4v) is 1.24. The van der Waals surface area contributed by atoms with E-state index in [-0.39, 0.29) is 23.5 Å². The Balaban J connectivity index is 2.94. The number of hydrogen-bond acceptors (Lipinski definition) is 5. The minimum absolute atomic E-state index is 0.0354. The molecule has 0 fully saturated rings. The van der Waals surface area contributed by atoms with Crippen molar-refractivity contribution in [3.63, 3.8) is 0 Å². The quantitative estimate of drug-likeness (QED) is 0.556. The number of nitrogens with two attached hydrogens (primary N) is 1. The molecule has 3 N–H and O–H groups in total. The zero-order valence-electron chi connectivity index (χ0n) is 9.50. The molecule has 0 aromatic heterocycles. The van der Waals surface area contributed by atoms with Crippen LogP contribution in [0.25, 0.3) is 0 Å². The maximum absolute atomic E-state index is 11.6. The molecule has 1 aromatic carbocycles. The van der Waals surface area contributed by atoms with E-state index < -0.39 is 16.7 Å². The van der Waals surface area contributed by atoms with E-state index in [4.69, 9.17) is 10.5 Å². The zero-order valence-corrected chi connectivity index (χ0v) is 9.50. The van der Waals surface area contributed by atoms with Crippen LogP contribution in [-0.2, 0) is 4.79 Å². The zero-order chi connectivity index (χ0) is 13.7. The topological polar surface area (TPSA) is 125 Å². The number of nitro groups is 1. The molecule has 0 unspecified atom stereocenters. The van der Waals surface area contributed by atoms with Crippen LogP contribution in [0.1, 0.15) is 10.4 Å². The number of rotatable bonds is 5. The third-order valence-electron chi connectivity index (χ3n) is 2.06. The number of nitrogens with one attached hydrogen (secondary N) is 1. The molecule has 0 spiro atoms. The lowest BCUT2D eigenvalue weighted by atomic mass is 10.1. The monoisotopic (exact) mass is 253 g/mol. The van der Waals surface area contributed by atoms with Gasteiger partial charge in [0, 0.05) is 17.7 Å². The highest BCUT2D eigenvalue weighted by Gasteiger charge is 2.17. The molecular formula is C10H11N3O5. The predicted molar refractivity (Wildman–Crippen MR) is 61.2 cm³/mol. The average molecular weight is 253 g/mol. The Labute approximate surface area is 102 Å². The lowest BCUT2D eigenvalue weighted by Crippen LogP contribution is -2.33. The van der Waals surface area contributed by atoms with Crippen LogP contribution in [0, 0.1) is 10.1 Å². The van der Waals surface area contributed by atoms with Crippen molar-refractivity contribution in [3.8, 4) is 5.75 Å². The van der Waals surface area contributed by atoms with Gasteiger partial charge in [0.15, 0.2) is 5.75 Å². The summed E-state index contributed by atoms with van der Waals surface area (Å²) < 4.78 is 4.81. The minimum atomic E-state index is -0.683. The molecule has 0 radical (unpaired) electrons. The highest BCUT2D eigenvalue weighted by molar-refractivity contribution is 5.97. The standard InChI is InChI=1S/C10H11N3O5/c1-18-8-4-6(2-3-7(8)13(16)17)10(15)12-5-9(11)14/h2-4H,5H2,1H3,(H2,11,14)(H,12,15). The number of nitrogens with zero attached hydrogens (tertiary/aromatic N) is 1. The Hall–Kier alpha value is -2.64. The fourth-order valence-electron chi connectivity index (χ4n) is 1.24. The molecule has 0 saturated carbocycles. The molecule has 8 heteroatoms. The number of amides is 2. The summed E-state index contributed by atoms with van der Waals surface area (Å²) in [4.78, 5) is 32.1. The molecule has 0 aliphatic rings. The third-order valence-corrected chi connectivity index (χ3v) is 2.06. The second-order valence-corrected chi connectivity index (χ2v) is 3.29. The van der Waals surface area contributed by atoms with Crippen molar-refractivity contribution in [1.29, 1.82) is 0 Å². The van der Waals surface area contributed by atoms with Gasteiger partial charge in [-0.05, 0) is 6.07 Å². The van der Waals surface area contributed by atoms with Crippen molar-refractivity contribution in [2.24, 2.45) is 5.73 Å². The predicted octanol–water partition coefficient (Wildman–Crippen LogP) is -0.181. The molecule has 8 nitrogen and oxygen atoms in total. The SMILES string of the molecule is COc1cc(C(=O)NCC(N)=O)ccc1[N+](=O)[O-]. The summed E-state index contributed by atoms with van der Waals surface area (Å²) in [6.07, 6.45) is 0. The molecule has 0 heterocycles. The Bertz CT molecular complexity index is 500. The van der Waals surface area contributed by atoms with Gasteiger partial charge in [-0.3, -0.25) is 19.7 Å². The van der Waals surface area contributed by atoms with Crippen LogP contribution in [-0.4, -0.2) is 30.4 Å². The van der Waals surface area contributed by atoms with E-state index in [9.17, 15) is 19.7 Å². The number of carbonyl (C=O) groups excluding carboxylic acids is 2. The smallest absolute Gasteiger partial charge is 0.310 e. The van der Waals surface area contributed by atoms with Gasteiger partial charge in [-0.25, -0.2) is 0 Å². The van der Waals surface area contributed by atoms with E-state index in [0.29, 0.717) is 0 Å². The van der Waals surface area contributed by atoms with Gasteiger partial charge in [0.2, 0.25) is 5.91 Å². The normalized spacial score (nSPS) is 9.61. The summed E-state index contributed by atoms with van der Waals surface area (Å²) in [5.74, 6) is -1.29. The van der Waals surface area contributed by atoms with Crippen molar-refractivity contribution in [3.05, 3.63) is 33.9 Å². The van der Waals surface area contributed by atoms with Crippen LogP contribution >= 0.6 is 0 Å². The first-order valence-electron chi connectivity index (χ1n) is 4.84. The number of carbonyl (C=O) groups is 2. The summed E-state index contributed by atoms with van der Waals surface area (Å²) in [6, 6.07) is 3.63. The molecule has 0 aliphatic heterocycles. The maximum Gasteiger partial charge on any atom is 0.310 e.